The zero-order valence-corrected chi connectivity index (χ0v) is 10.9. The number of carbonyl (C=O) groups excluding carboxylic acids is 2. The van der Waals surface area contributed by atoms with E-state index in [-0.39, 0.29) is 21.8 Å². The number of methoxy groups -OCH3 is 1. The molecule has 19 heavy (non-hydrogen) atoms. The van der Waals surface area contributed by atoms with Crippen molar-refractivity contribution in [2.75, 3.05) is 7.11 Å². The molecule has 0 aliphatic carbocycles. The van der Waals surface area contributed by atoms with Gasteiger partial charge in [0.15, 0.2) is 5.78 Å². The van der Waals surface area contributed by atoms with Crippen molar-refractivity contribution >= 4 is 35.1 Å². The molecule has 0 saturated carbocycles. The molecular weight excluding hydrogens is 274 g/mol. The highest BCUT2D eigenvalue weighted by Gasteiger charge is 2.16. The van der Waals surface area contributed by atoms with Crippen LogP contribution >= 0.6 is 11.6 Å². The molecule has 1 aromatic carbocycles. The number of halogens is 1. The third kappa shape index (κ3) is 3.62. The maximum Gasteiger partial charge on any atom is 0.341 e. The molecule has 0 atom stereocenters. The summed E-state index contributed by atoms with van der Waals surface area (Å²) in [6.07, 6.45) is 1.17. The van der Waals surface area contributed by atoms with Crippen molar-refractivity contribution in [3.63, 3.8) is 0 Å². The molecule has 0 N–H and O–H groups in total. The van der Waals surface area contributed by atoms with Crippen LogP contribution in [-0.4, -0.2) is 23.8 Å². The van der Waals surface area contributed by atoms with Gasteiger partial charge in [-0.1, -0.05) is 11.6 Å². The molecule has 0 bridgehead atoms. The molecule has 0 radical (unpaired) electrons. The minimum Gasteiger partial charge on any atom is -0.465 e. The van der Waals surface area contributed by atoms with Crippen molar-refractivity contribution in [1.82, 2.24) is 0 Å². The van der Waals surface area contributed by atoms with Gasteiger partial charge in [0, 0.05) is 22.7 Å². The normalized spacial score (nSPS) is 11.0. The molecule has 0 aliphatic heterocycles. The van der Waals surface area contributed by atoms with Gasteiger partial charge in [-0.05, 0) is 19.1 Å². The molecule has 0 unspecified atom stereocenters. The van der Waals surface area contributed by atoms with Gasteiger partial charge in [0.25, 0.3) is 5.69 Å². The monoisotopic (exact) mass is 283 g/mol. The lowest BCUT2D eigenvalue weighted by Crippen LogP contribution is -2.11. The fourth-order valence-corrected chi connectivity index (χ4v) is 1.50. The Bertz CT molecular complexity index is 579. The number of hydrogen-bond donors (Lipinski definition) is 0. The highest BCUT2D eigenvalue weighted by molar-refractivity contribution is 6.32. The van der Waals surface area contributed by atoms with E-state index in [4.69, 9.17) is 11.6 Å². The highest BCUT2D eigenvalue weighted by atomic mass is 35.5. The average Bonchev–Trinajstić information content (AvgIpc) is 2.36. The number of ether oxygens (including phenoxy) is 1. The SMILES string of the molecule is COC(=O)/C(=C\c1cc([N+](=O)[O-])ccc1Cl)C(C)=O. The second-order valence-electron chi connectivity index (χ2n) is 3.57. The Morgan fingerprint density at radius 1 is 1.42 bits per heavy atom. The summed E-state index contributed by atoms with van der Waals surface area (Å²) in [6, 6.07) is 3.72. The predicted molar refractivity (Wildman–Crippen MR) is 68.8 cm³/mol. The van der Waals surface area contributed by atoms with Crippen molar-refractivity contribution in [1.29, 1.82) is 0 Å². The third-order valence-electron chi connectivity index (χ3n) is 2.27. The van der Waals surface area contributed by atoms with Gasteiger partial charge >= 0.3 is 5.97 Å². The first-order chi connectivity index (χ1) is 8.86. The van der Waals surface area contributed by atoms with Crippen molar-refractivity contribution in [3.8, 4) is 0 Å². The fraction of sp³-hybridized carbons (Fsp3) is 0.167. The molecule has 0 heterocycles. The van der Waals surface area contributed by atoms with Crippen LogP contribution < -0.4 is 0 Å². The first-order valence-corrected chi connectivity index (χ1v) is 5.49. The van der Waals surface area contributed by atoms with Crippen molar-refractivity contribution in [2.45, 2.75) is 6.92 Å². The molecule has 100 valence electrons. The number of hydrogen-bond acceptors (Lipinski definition) is 5. The molecule has 0 aromatic heterocycles. The third-order valence-corrected chi connectivity index (χ3v) is 2.62. The van der Waals surface area contributed by atoms with Crippen molar-refractivity contribution in [2.24, 2.45) is 0 Å². The van der Waals surface area contributed by atoms with Crippen LogP contribution in [0.3, 0.4) is 0 Å². The Morgan fingerprint density at radius 3 is 2.53 bits per heavy atom. The van der Waals surface area contributed by atoms with Gasteiger partial charge in [-0.15, -0.1) is 0 Å². The van der Waals surface area contributed by atoms with Gasteiger partial charge in [0.1, 0.15) is 5.57 Å². The van der Waals surface area contributed by atoms with Gasteiger partial charge in [-0.3, -0.25) is 14.9 Å². The molecule has 1 aromatic rings. The molecule has 1 rings (SSSR count). The van der Waals surface area contributed by atoms with E-state index in [0.29, 0.717) is 0 Å². The maximum atomic E-state index is 11.4. The summed E-state index contributed by atoms with van der Waals surface area (Å²) in [7, 11) is 1.13. The standard InChI is InChI=1S/C12H10ClNO5/c1-7(15)10(12(16)19-2)6-8-5-9(14(17)18)3-4-11(8)13/h3-6H,1-2H3/b10-6-. The number of rotatable bonds is 4. The van der Waals surface area contributed by atoms with Gasteiger partial charge in [0.2, 0.25) is 0 Å². The lowest BCUT2D eigenvalue weighted by molar-refractivity contribution is -0.384. The van der Waals surface area contributed by atoms with E-state index in [0.717, 1.165) is 7.11 Å². The fourth-order valence-electron chi connectivity index (χ4n) is 1.33. The zero-order valence-electron chi connectivity index (χ0n) is 10.2. The zero-order chi connectivity index (χ0) is 14.6. The number of nitro groups is 1. The van der Waals surface area contributed by atoms with Gasteiger partial charge in [-0.2, -0.15) is 0 Å². The van der Waals surface area contributed by atoms with Gasteiger partial charge in [-0.25, -0.2) is 4.79 Å². The molecular formula is C12H10ClNO5. The Kier molecular flexibility index (Phi) is 4.77. The molecule has 7 heteroatoms. The summed E-state index contributed by atoms with van der Waals surface area (Å²) in [5.41, 5.74) is -0.222. The van der Waals surface area contributed by atoms with Gasteiger partial charge in [0.05, 0.1) is 12.0 Å². The molecule has 0 amide bonds. The van der Waals surface area contributed by atoms with E-state index >= 15 is 0 Å². The number of benzene rings is 1. The van der Waals surface area contributed by atoms with Crippen LogP contribution in [0, 0.1) is 10.1 Å². The van der Waals surface area contributed by atoms with E-state index < -0.39 is 16.7 Å². The second-order valence-corrected chi connectivity index (χ2v) is 3.98. The molecule has 0 saturated heterocycles. The largest absolute Gasteiger partial charge is 0.465 e. The van der Waals surface area contributed by atoms with Crippen LogP contribution in [0.25, 0.3) is 6.08 Å². The van der Waals surface area contributed by atoms with Crippen LogP contribution in [0.4, 0.5) is 5.69 Å². The predicted octanol–water partition coefficient (Wildman–Crippen LogP) is 2.39. The van der Waals surface area contributed by atoms with Crippen molar-refractivity contribution < 1.29 is 19.2 Å². The molecule has 0 aliphatic rings. The molecule has 6 nitrogen and oxygen atoms in total. The average molecular weight is 284 g/mol. The van der Waals surface area contributed by atoms with E-state index in [9.17, 15) is 19.7 Å². The second kappa shape index (κ2) is 6.10. The van der Waals surface area contributed by atoms with E-state index in [2.05, 4.69) is 4.74 Å². The van der Waals surface area contributed by atoms with Crippen LogP contribution in [-0.2, 0) is 14.3 Å². The summed E-state index contributed by atoms with van der Waals surface area (Å²) in [6.45, 7) is 1.19. The van der Waals surface area contributed by atoms with E-state index in [1.54, 1.807) is 0 Å². The number of Topliss-reactive ketones (excluding diaryl/α,β-unsaturated/α-hetero) is 1. The summed E-state index contributed by atoms with van der Waals surface area (Å²) < 4.78 is 4.46. The first kappa shape index (κ1) is 14.8. The smallest absolute Gasteiger partial charge is 0.341 e. The maximum absolute atomic E-state index is 11.4. The van der Waals surface area contributed by atoms with Crippen LogP contribution in [0.15, 0.2) is 23.8 Å². The van der Waals surface area contributed by atoms with E-state index in [1.807, 2.05) is 0 Å². The lowest BCUT2D eigenvalue weighted by atomic mass is 10.1. The number of carbonyl (C=O) groups is 2. The summed E-state index contributed by atoms with van der Waals surface area (Å²) >= 11 is 5.87. The van der Waals surface area contributed by atoms with Crippen LogP contribution in [0.5, 0.6) is 0 Å². The van der Waals surface area contributed by atoms with Gasteiger partial charge < -0.3 is 4.74 Å². The Balaban J connectivity index is 3.35. The topological polar surface area (TPSA) is 86.5 Å². The summed E-state index contributed by atoms with van der Waals surface area (Å²) in [5, 5.41) is 10.8. The Morgan fingerprint density at radius 2 is 2.05 bits per heavy atom. The number of non-ortho nitro benzene ring substituents is 1. The minimum absolute atomic E-state index is 0.188. The number of nitrogens with zero attached hydrogens (tertiary/aromatic N) is 1. The lowest BCUT2D eigenvalue weighted by Gasteiger charge is -2.03. The van der Waals surface area contributed by atoms with E-state index in [1.165, 1.54) is 31.2 Å². The summed E-state index contributed by atoms with van der Waals surface area (Å²) in [4.78, 5) is 32.8. The molecule has 0 fully saturated rings. The highest BCUT2D eigenvalue weighted by Crippen LogP contribution is 2.24. The number of nitro benzene ring substituents is 1. The quantitative estimate of drug-likeness (QED) is 0.211. The first-order valence-electron chi connectivity index (χ1n) is 5.11. The number of ketones is 1. The summed E-state index contributed by atoms with van der Waals surface area (Å²) in [5.74, 6) is -1.34. The Hall–Kier alpha value is -2.21. The Labute approximate surface area is 113 Å². The van der Waals surface area contributed by atoms with Crippen molar-refractivity contribution in [3.05, 3.63) is 44.5 Å². The van der Waals surface area contributed by atoms with Crippen LogP contribution in [0.2, 0.25) is 5.02 Å². The van der Waals surface area contributed by atoms with Crippen LogP contribution in [0.1, 0.15) is 12.5 Å². The number of esters is 1. The molecule has 0 spiro atoms. The minimum atomic E-state index is -0.824.